The summed E-state index contributed by atoms with van der Waals surface area (Å²) in [6.45, 7) is 3.68. The zero-order valence-corrected chi connectivity index (χ0v) is 11.7. The van der Waals surface area contributed by atoms with Crippen molar-refractivity contribution in [1.29, 1.82) is 0 Å². The fourth-order valence-electron chi connectivity index (χ4n) is 2.98. The predicted octanol–water partition coefficient (Wildman–Crippen LogP) is 2.32. The molecule has 5 heteroatoms. The molecule has 0 aromatic carbocycles. The molecule has 1 atom stereocenters. The summed E-state index contributed by atoms with van der Waals surface area (Å²) in [6.07, 6.45) is 6.63. The summed E-state index contributed by atoms with van der Waals surface area (Å²) in [6, 6.07) is 3.90. The van der Waals surface area contributed by atoms with E-state index in [0.717, 1.165) is 49.3 Å². The Morgan fingerprint density at radius 3 is 3.15 bits per heavy atom. The highest BCUT2D eigenvalue weighted by Crippen LogP contribution is 2.26. The Morgan fingerprint density at radius 1 is 1.50 bits per heavy atom. The lowest BCUT2D eigenvalue weighted by molar-refractivity contribution is 0.0705. The fraction of sp³-hybridized carbons (Fsp3) is 0.467. The maximum Gasteiger partial charge on any atom is 0.255 e. The number of aromatic nitrogens is 3. The summed E-state index contributed by atoms with van der Waals surface area (Å²) in [7, 11) is 0. The molecular formula is C15H20N4O. The molecule has 2 aromatic heterocycles. The third-order valence-electron chi connectivity index (χ3n) is 4.09. The van der Waals surface area contributed by atoms with Crippen molar-refractivity contribution in [2.45, 2.75) is 32.1 Å². The first-order chi connectivity index (χ1) is 9.79. The van der Waals surface area contributed by atoms with Gasteiger partial charge in [-0.15, -0.1) is 0 Å². The van der Waals surface area contributed by atoms with Gasteiger partial charge in [0, 0.05) is 42.8 Å². The molecule has 1 saturated heterocycles. The van der Waals surface area contributed by atoms with Crippen LogP contribution in [-0.2, 0) is 6.42 Å². The SMILES string of the molecule is CCc1[nH]ccc1C(=O)N1CCCC(c2ccn[nH]2)C1. The standard InChI is InChI=1S/C15H20N4O/c1-2-13-12(5-7-16-13)15(20)19-9-3-4-11(10-19)14-6-8-17-18-14/h5-8,11,16H,2-4,9-10H2,1H3,(H,17,18). The van der Waals surface area contributed by atoms with E-state index in [1.807, 2.05) is 23.2 Å². The molecular weight excluding hydrogens is 252 g/mol. The molecule has 1 aliphatic heterocycles. The van der Waals surface area contributed by atoms with Gasteiger partial charge in [-0.3, -0.25) is 9.89 Å². The van der Waals surface area contributed by atoms with Crippen LogP contribution in [0.15, 0.2) is 24.5 Å². The van der Waals surface area contributed by atoms with Crippen molar-refractivity contribution in [3.63, 3.8) is 0 Å². The van der Waals surface area contributed by atoms with E-state index in [2.05, 4.69) is 22.1 Å². The van der Waals surface area contributed by atoms with E-state index in [-0.39, 0.29) is 5.91 Å². The Labute approximate surface area is 118 Å². The van der Waals surface area contributed by atoms with E-state index >= 15 is 0 Å². The van der Waals surface area contributed by atoms with Crippen molar-refractivity contribution in [2.75, 3.05) is 13.1 Å². The van der Waals surface area contributed by atoms with Crippen LogP contribution in [0.25, 0.3) is 0 Å². The Bertz CT molecular complexity index is 572. The largest absolute Gasteiger partial charge is 0.364 e. The number of likely N-dealkylation sites (tertiary alicyclic amines) is 1. The third kappa shape index (κ3) is 2.35. The van der Waals surface area contributed by atoms with Crippen molar-refractivity contribution in [2.24, 2.45) is 0 Å². The van der Waals surface area contributed by atoms with Crippen LogP contribution < -0.4 is 0 Å². The molecule has 1 unspecified atom stereocenters. The van der Waals surface area contributed by atoms with Gasteiger partial charge in [-0.25, -0.2) is 0 Å². The number of amides is 1. The second-order valence-electron chi connectivity index (χ2n) is 5.33. The minimum Gasteiger partial charge on any atom is -0.364 e. The Hall–Kier alpha value is -2.04. The second kappa shape index (κ2) is 5.53. The van der Waals surface area contributed by atoms with Crippen LogP contribution >= 0.6 is 0 Å². The van der Waals surface area contributed by atoms with Crippen LogP contribution in [-0.4, -0.2) is 39.1 Å². The summed E-state index contributed by atoms with van der Waals surface area (Å²) in [5.74, 6) is 0.520. The number of carbonyl (C=O) groups is 1. The van der Waals surface area contributed by atoms with Gasteiger partial charge in [0.2, 0.25) is 0 Å². The smallest absolute Gasteiger partial charge is 0.255 e. The zero-order chi connectivity index (χ0) is 13.9. The zero-order valence-electron chi connectivity index (χ0n) is 11.7. The quantitative estimate of drug-likeness (QED) is 0.900. The molecule has 3 heterocycles. The number of hydrogen-bond acceptors (Lipinski definition) is 2. The summed E-state index contributed by atoms with van der Waals surface area (Å²) in [5, 5.41) is 7.04. The molecule has 0 saturated carbocycles. The lowest BCUT2D eigenvalue weighted by Crippen LogP contribution is -2.39. The van der Waals surface area contributed by atoms with Gasteiger partial charge in [0.25, 0.3) is 5.91 Å². The minimum atomic E-state index is 0.146. The topological polar surface area (TPSA) is 64.8 Å². The minimum absolute atomic E-state index is 0.146. The molecule has 0 bridgehead atoms. The van der Waals surface area contributed by atoms with Gasteiger partial charge in [-0.05, 0) is 31.4 Å². The molecule has 0 radical (unpaired) electrons. The van der Waals surface area contributed by atoms with Gasteiger partial charge in [-0.1, -0.05) is 6.92 Å². The first-order valence-corrected chi connectivity index (χ1v) is 7.24. The summed E-state index contributed by atoms with van der Waals surface area (Å²) in [5.41, 5.74) is 2.98. The van der Waals surface area contributed by atoms with E-state index in [9.17, 15) is 4.79 Å². The number of nitrogens with zero attached hydrogens (tertiary/aromatic N) is 2. The van der Waals surface area contributed by atoms with Crippen molar-refractivity contribution in [3.8, 4) is 0 Å². The van der Waals surface area contributed by atoms with Gasteiger partial charge in [-0.2, -0.15) is 5.10 Å². The predicted molar refractivity (Wildman–Crippen MR) is 76.6 cm³/mol. The number of H-pyrrole nitrogens is 2. The van der Waals surface area contributed by atoms with Crippen LogP contribution in [0.1, 0.15) is 47.4 Å². The van der Waals surface area contributed by atoms with Crippen molar-refractivity contribution >= 4 is 5.91 Å². The van der Waals surface area contributed by atoms with E-state index in [0.29, 0.717) is 5.92 Å². The van der Waals surface area contributed by atoms with Crippen LogP contribution in [0.3, 0.4) is 0 Å². The summed E-state index contributed by atoms with van der Waals surface area (Å²) >= 11 is 0. The summed E-state index contributed by atoms with van der Waals surface area (Å²) < 4.78 is 0. The lowest BCUT2D eigenvalue weighted by Gasteiger charge is -2.32. The summed E-state index contributed by atoms with van der Waals surface area (Å²) in [4.78, 5) is 17.8. The highest BCUT2D eigenvalue weighted by molar-refractivity contribution is 5.95. The number of aryl methyl sites for hydroxylation is 1. The van der Waals surface area contributed by atoms with E-state index in [1.165, 1.54) is 0 Å². The Balaban J connectivity index is 1.75. The normalized spacial score (nSPS) is 19.2. The third-order valence-corrected chi connectivity index (χ3v) is 4.09. The molecule has 20 heavy (non-hydrogen) atoms. The fourth-order valence-corrected chi connectivity index (χ4v) is 2.98. The molecule has 106 valence electrons. The van der Waals surface area contributed by atoms with E-state index < -0.39 is 0 Å². The van der Waals surface area contributed by atoms with Crippen LogP contribution in [0.5, 0.6) is 0 Å². The van der Waals surface area contributed by atoms with Crippen molar-refractivity contribution in [3.05, 3.63) is 41.5 Å². The number of hydrogen-bond donors (Lipinski definition) is 2. The van der Waals surface area contributed by atoms with Gasteiger partial charge in [0.1, 0.15) is 0 Å². The molecule has 1 fully saturated rings. The van der Waals surface area contributed by atoms with E-state index in [1.54, 1.807) is 6.20 Å². The van der Waals surface area contributed by atoms with Crippen LogP contribution in [0.2, 0.25) is 0 Å². The van der Waals surface area contributed by atoms with Crippen molar-refractivity contribution < 1.29 is 4.79 Å². The van der Waals surface area contributed by atoms with Crippen LogP contribution in [0, 0.1) is 0 Å². The Morgan fingerprint density at radius 2 is 2.40 bits per heavy atom. The average Bonchev–Trinajstić information content (AvgIpc) is 3.17. The molecule has 1 amide bonds. The molecule has 1 aliphatic rings. The first kappa shape index (κ1) is 13.0. The van der Waals surface area contributed by atoms with Crippen molar-refractivity contribution in [1.82, 2.24) is 20.1 Å². The lowest BCUT2D eigenvalue weighted by atomic mass is 9.94. The molecule has 2 aromatic rings. The molecule has 0 spiro atoms. The monoisotopic (exact) mass is 272 g/mol. The first-order valence-electron chi connectivity index (χ1n) is 7.24. The van der Waals surface area contributed by atoms with Gasteiger partial charge in [0.05, 0.1) is 5.56 Å². The average molecular weight is 272 g/mol. The van der Waals surface area contributed by atoms with Gasteiger partial charge < -0.3 is 9.88 Å². The highest BCUT2D eigenvalue weighted by atomic mass is 16.2. The second-order valence-corrected chi connectivity index (χ2v) is 5.33. The molecule has 3 rings (SSSR count). The Kier molecular flexibility index (Phi) is 3.58. The highest BCUT2D eigenvalue weighted by Gasteiger charge is 2.27. The van der Waals surface area contributed by atoms with Gasteiger partial charge in [0.15, 0.2) is 0 Å². The molecule has 0 aliphatic carbocycles. The van der Waals surface area contributed by atoms with Gasteiger partial charge >= 0.3 is 0 Å². The maximum atomic E-state index is 12.6. The van der Waals surface area contributed by atoms with E-state index in [4.69, 9.17) is 0 Å². The number of nitrogens with one attached hydrogen (secondary N) is 2. The maximum absolute atomic E-state index is 12.6. The number of aromatic amines is 2. The number of carbonyl (C=O) groups excluding carboxylic acids is 1. The molecule has 2 N–H and O–H groups in total. The number of rotatable bonds is 3. The van der Waals surface area contributed by atoms with Crippen LogP contribution in [0.4, 0.5) is 0 Å². The number of piperidine rings is 1. The molecule has 5 nitrogen and oxygen atoms in total.